The normalized spacial score (nSPS) is 13.2. The highest BCUT2D eigenvalue weighted by Gasteiger charge is 2.12. The number of H-pyrrole nitrogens is 1. The average Bonchev–Trinajstić information content (AvgIpc) is 2.47. The van der Waals surface area contributed by atoms with E-state index in [2.05, 4.69) is 16.9 Å². The van der Waals surface area contributed by atoms with Crippen molar-refractivity contribution in [3.63, 3.8) is 0 Å². The molecule has 0 aromatic carbocycles. The lowest BCUT2D eigenvalue weighted by atomic mass is 10.1. The zero-order valence-corrected chi connectivity index (χ0v) is 7.80. The number of unbranched alkanes of at least 4 members (excludes halogenated alkanes) is 1. The predicted molar refractivity (Wildman–Crippen MR) is 48.1 cm³/mol. The van der Waals surface area contributed by atoms with E-state index in [0.29, 0.717) is 10.8 Å². The average molecular weight is 189 g/mol. The second-order valence-electron chi connectivity index (χ2n) is 2.77. The van der Waals surface area contributed by atoms with Crippen LogP contribution in [-0.2, 0) is 0 Å². The fourth-order valence-electron chi connectivity index (χ4n) is 1.06. The van der Waals surface area contributed by atoms with Gasteiger partial charge in [-0.05, 0) is 6.42 Å². The molecule has 4 heteroatoms. The van der Waals surface area contributed by atoms with Crippen LogP contribution in [0.25, 0.3) is 0 Å². The first kappa shape index (κ1) is 9.55. The summed E-state index contributed by atoms with van der Waals surface area (Å²) in [6.07, 6.45) is 3.80. The lowest BCUT2D eigenvalue weighted by molar-refractivity contribution is 0.160. The van der Waals surface area contributed by atoms with Gasteiger partial charge in [0.25, 0.3) is 0 Å². The minimum absolute atomic E-state index is 0.374. The van der Waals surface area contributed by atoms with Gasteiger partial charge in [-0.2, -0.15) is 0 Å². The molecule has 1 aromatic heterocycles. The van der Waals surface area contributed by atoms with Crippen LogP contribution >= 0.6 is 11.6 Å². The molecule has 1 rings (SSSR count). The Bertz CT molecular complexity index is 237. The molecule has 0 fully saturated rings. The largest absolute Gasteiger partial charge is 0.387 e. The van der Waals surface area contributed by atoms with Crippen LogP contribution in [-0.4, -0.2) is 15.1 Å². The number of rotatable bonds is 4. The van der Waals surface area contributed by atoms with Gasteiger partial charge < -0.3 is 10.1 Å². The maximum atomic E-state index is 9.57. The predicted octanol–water partition coefficient (Wildman–Crippen LogP) is 2.29. The fourth-order valence-corrected chi connectivity index (χ4v) is 1.29. The third-order valence-corrected chi connectivity index (χ3v) is 2.09. The number of nitrogens with one attached hydrogen (secondary N) is 1. The van der Waals surface area contributed by atoms with Crippen molar-refractivity contribution in [2.75, 3.05) is 0 Å². The van der Waals surface area contributed by atoms with Crippen LogP contribution < -0.4 is 0 Å². The summed E-state index contributed by atoms with van der Waals surface area (Å²) in [5.74, 6) is 0. The topological polar surface area (TPSA) is 48.9 Å². The molecule has 1 aromatic rings. The molecule has 0 aliphatic heterocycles. The molecule has 3 nitrogen and oxygen atoms in total. The highest BCUT2D eigenvalue weighted by atomic mass is 35.5. The number of aliphatic hydroxyl groups is 1. The Morgan fingerprint density at radius 3 is 3.00 bits per heavy atom. The maximum absolute atomic E-state index is 9.57. The molecule has 1 atom stereocenters. The number of aromatic amines is 1. The van der Waals surface area contributed by atoms with E-state index < -0.39 is 6.10 Å². The number of halogens is 1. The molecule has 1 heterocycles. The van der Waals surface area contributed by atoms with Crippen LogP contribution in [0, 0.1) is 0 Å². The quantitative estimate of drug-likeness (QED) is 0.762. The van der Waals surface area contributed by atoms with Gasteiger partial charge in [-0.25, -0.2) is 4.98 Å². The molecule has 0 bridgehead atoms. The van der Waals surface area contributed by atoms with E-state index >= 15 is 0 Å². The van der Waals surface area contributed by atoms with Crippen molar-refractivity contribution >= 4 is 11.6 Å². The number of aliphatic hydroxyl groups excluding tert-OH is 1. The van der Waals surface area contributed by atoms with Crippen LogP contribution in [0.4, 0.5) is 0 Å². The zero-order chi connectivity index (χ0) is 8.97. The number of imidazole rings is 1. The van der Waals surface area contributed by atoms with Gasteiger partial charge in [-0.3, -0.25) is 0 Å². The molecule has 1 unspecified atom stereocenters. The van der Waals surface area contributed by atoms with Gasteiger partial charge in [0.05, 0.1) is 18.1 Å². The van der Waals surface area contributed by atoms with E-state index in [1.807, 2.05) is 0 Å². The summed E-state index contributed by atoms with van der Waals surface area (Å²) in [6.45, 7) is 2.08. The number of hydrogen-bond acceptors (Lipinski definition) is 2. The molecule has 0 saturated heterocycles. The monoisotopic (exact) mass is 188 g/mol. The van der Waals surface area contributed by atoms with Crippen molar-refractivity contribution in [2.45, 2.75) is 32.3 Å². The highest BCUT2D eigenvalue weighted by molar-refractivity contribution is 6.30. The third-order valence-electron chi connectivity index (χ3n) is 1.78. The smallest absolute Gasteiger partial charge is 0.152 e. The molecule has 0 spiro atoms. The van der Waals surface area contributed by atoms with Gasteiger partial charge in [0, 0.05) is 0 Å². The molecule has 0 radical (unpaired) electrons. The molecule has 0 aliphatic carbocycles. The van der Waals surface area contributed by atoms with Crippen LogP contribution in [0.15, 0.2) is 6.33 Å². The zero-order valence-electron chi connectivity index (χ0n) is 7.05. The summed E-state index contributed by atoms with van der Waals surface area (Å²) < 4.78 is 0. The Balaban J connectivity index is 2.52. The SMILES string of the molecule is CCCCC(O)c1[nH]cnc1Cl. The van der Waals surface area contributed by atoms with Gasteiger partial charge in [0.1, 0.15) is 0 Å². The summed E-state index contributed by atoms with van der Waals surface area (Å²) in [6, 6.07) is 0. The van der Waals surface area contributed by atoms with Crippen molar-refractivity contribution in [3.05, 3.63) is 17.2 Å². The molecular formula is C8H13ClN2O. The second kappa shape index (κ2) is 4.48. The first-order valence-corrected chi connectivity index (χ1v) is 4.50. The first-order chi connectivity index (χ1) is 5.75. The fraction of sp³-hybridized carbons (Fsp3) is 0.625. The number of nitrogens with zero attached hydrogens (tertiary/aromatic N) is 1. The van der Waals surface area contributed by atoms with Crippen LogP contribution in [0.3, 0.4) is 0 Å². The summed E-state index contributed by atoms with van der Waals surface area (Å²) >= 11 is 5.71. The molecule has 2 N–H and O–H groups in total. The second-order valence-corrected chi connectivity index (χ2v) is 3.12. The highest BCUT2D eigenvalue weighted by Crippen LogP contribution is 2.22. The number of hydrogen-bond donors (Lipinski definition) is 2. The standard InChI is InChI=1S/C8H13ClN2O/c1-2-3-4-6(12)7-8(9)11-5-10-7/h5-6,12H,2-4H2,1H3,(H,10,11). The van der Waals surface area contributed by atoms with Crippen molar-refractivity contribution in [3.8, 4) is 0 Å². The Kier molecular flexibility index (Phi) is 3.56. The van der Waals surface area contributed by atoms with E-state index in [-0.39, 0.29) is 0 Å². The van der Waals surface area contributed by atoms with Crippen LogP contribution in [0.5, 0.6) is 0 Å². The van der Waals surface area contributed by atoms with Gasteiger partial charge in [0.15, 0.2) is 5.15 Å². The summed E-state index contributed by atoms with van der Waals surface area (Å²) in [5.41, 5.74) is 0.630. The van der Waals surface area contributed by atoms with Crippen molar-refractivity contribution in [1.29, 1.82) is 0 Å². The Hall–Kier alpha value is -0.540. The van der Waals surface area contributed by atoms with Crippen molar-refractivity contribution < 1.29 is 5.11 Å². The Morgan fingerprint density at radius 2 is 2.50 bits per heavy atom. The summed E-state index contributed by atoms with van der Waals surface area (Å²) in [5, 5.41) is 9.94. The molecule has 0 amide bonds. The lowest BCUT2D eigenvalue weighted by Gasteiger charge is -2.06. The van der Waals surface area contributed by atoms with Gasteiger partial charge in [-0.1, -0.05) is 31.4 Å². The molecular weight excluding hydrogens is 176 g/mol. The van der Waals surface area contributed by atoms with Gasteiger partial charge >= 0.3 is 0 Å². The van der Waals surface area contributed by atoms with E-state index in [9.17, 15) is 5.11 Å². The molecule has 0 aliphatic rings. The van der Waals surface area contributed by atoms with E-state index in [4.69, 9.17) is 11.6 Å². The van der Waals surface area contributed by atoms with Gasteiger partial charge in [0.2, 0.25) is 0 Å². The Morgan fingerprint density at radius 1 is 1.75 bits per heavy atom. The van der Waals surface area contributed by atoms with E-state index in [1.54, 1.807) is 0 Å². The minimum Gasteiger partial charge on any atom is -0.387 e. The molecule has 68 valence electrons. The van der Waals surface area contributed by atoms with E-state index in [0.717, 1.165) is 19.3 Å². The van der Waals surface area contributed by atoms with Crippen molar-refractivity contribution in [1.82, 2.24) is 9.97 Å². The summed E-state index contributed by atoms with van der Waals surface area (Å²) in [7, 11) is 0. The lowest BCUT2D eigenvalue weighted by Crippen LogP contribution is -1.98. The summed E-state index contributed by atoms with van der Waals surface area (Å²) in [4.78, 5) is 6.62. The van der Waals surface area contributed by atoms with Crippen LogP contribution in [0.2, 0.25) is 5.15 Å². The number of aromatic nitrogens is 2. The Labute approximate surface area is 76.8 Å². The molecule has 12 heavy (non-hydrogen) atoms. The molecule has 0 saturated carbocycles. The third kappa shape index (κ3) is 2.22. The first-order valence-electron chi connectivity index (χ1n) is 4.12. The minimum atomic E-state index is -0.500. The van der Waals surface area contributed by atoms with Crippen molar-refractivity contribution in [2.24, 2.45) is 0 Å². The van der Waals surface area contributed by atoms with Crippen LogP contribution in [0.1, 0.15) is 38.0 Å². The maximum Gasteiger partial charge on any atom is 0.152 e. The van der Waals surface area contributed by atoms with Gasteiger partial charge in [-0.15, -0.1) is 0 Å². The van der Waals surface area contributed by atoms with E-state index in [1.165, 1.54) is 6.33 Å².